The Morgan fingerprint density at radius 1 is 1.50 bits per heavy atom. The summed E-state index contributed by atoms with van der Waals surface area (Å²) in [5.41, 5.74) is 1.48. The van der Waals surface area contributed by atoms with Crippen molar-refractivity contribution in [1.82, 2.24) is 20.0 Å². The summed E-state index contributed by atoms with van der Waals surface area (Å²) in [5, 5.41) is 6.15. The monoisotopic (exact) mass is 246 g/mol. The first-order valence-corrected chi connectivity index (χ1v) is 6.15. The number of carbonyl (C=O) groups is 1. The highest BCUT2D eigenvalue weighted by atomic mass is 16.1. The van der Waals surface area contributed by atoms with Crippen molar-refractivity contribution >= 4 is 11.6 Å². The van der Waals surface area contributed by atoms with Gasteiger partial charge in [-0.25, -0.2) is 4.98 Å². The number of fused-ring (bicyclic) bond motifs is 1. The van der Waals surface area contributed by atoms with Gasteiger partial charge in [0.1, 0.15) is 5.65 Å². The van der Waals surface area contributed by atoms with Gasteiger partial charge < -0.3 is 15.0 Å². The number of nitrogens with zero attached hydrogens (tertiary/aromatic N) is 2. The lowest BCUT2D eigenvalue weighted by Gasteiger charge is -2.13. The average Bonchev–Trinajstić information content (AvgIpc) is 2.83. The zero-order chi connectivity index (χ0) is 13.0. The van der Waals surface area contributed by atoms with E-state index < -0.39 is 0 Å². The molecule has 96 valence electrons. The lowest BCUT2D eigenvalue weighted by Crippen LogP contribution is -2.38. The fourth-order valence-corrected chi connectivity index (χ4v) is 1.82. The Balaban J connectivity index is 1.99. The lowest BCUT2D eigenvalue weighted by atomic mass is 10.2. The van der Waals surface area contributed by atoms with E-state index in [1.807, 2.05) is 30.5 Å². The first kappa shape index (κ1) is 12.6. The van der Waals surface area contributed by atoms with Gasteiger partial charge in [-0.2, -0.15) is 0 Å². The molecule has 2 N–H and O–H groups in total. The van der Waals surface area contributed by atoms with Crippen molar-refractivity contribution in [1.29, 1.82) is 0 Å². The van der Waals surface area contributed by atoms with E-state index in [4.69, 9.17) is 0 Å². The van der Waals surface area contributed by atoms with Crippen LogP contribution in [0.15, 0.2) is 30.7 Å². The van der Waals surface area contributed by atoms with Crippen molar-refractivity contribution in [3.63, 3.8) is 0 Å². The van der Waals surface area contributed by atoms with Gasteiger partial charge in [0.05, 0.1) is 5.56 Å². The number of likely N-dealkylation sites (N-methyl/N-ethyl adjacent to an activating group) is 1. The predicted molar refractivity (Wildman–Crippen MR) is 70.7 cm³/mol. The predicted octanol–water partition coefficient (Wildman–Crippen LogP) is 1.06. The maximum absolute atomic E-state index is 11.9. The van der Waals surface area contributed by atoms with Crippen LogP contribution < -0.4 is 10.6 Å². The highest BCUT2D eigenvalue weighted by Crippen LogP contribution is 2.04. The summed E-state index contributed by atoms with van der Waals surface area (Å²) in [7, 11) is 0. The topological polar surface area (TPSA) is 58.4 Å². The van der Waals surface area contributed by atoms with Crippen molar-refractivity contribution < 1.29 is 4.79 Å². The van der Waals surface area contributed by atoms with Gasteiger partial charge in [-0.15, -0.1) is 0 Å². The van der Waals surface area contributed by atoms with E-state index in [1.54, 1.807) is 18.5 Å². The highest BCUT2D eigenvalue weighted by Gasteiger charge is 2.08. The first-order chi connectivity index (χ1) is 8.70. The van der Waals surface area contributed by atoms with Crippen LogP contribution in [0.3, 0.4) is 0 Å². The van der Waals surface area contributed by atoms with Crippen LogP contribution in [0, 0.1) is 0 Å². The second-order valence-electron chi connectivity index (χ2n) is 4.28. The van der Waals surface area contributed by atoms with Gasteiger partial charge in [-0.3, -0.25) is 4.79 Å². The molecule has 1 atom stereocenters. The van der Waals surface area contributed by atoms with Gasteiger partial charge in [0.25, 0.3) is 5.91 Å². The van der Waals surface area contributed by atoms with E-state index in [2.05, 4.69) is 15.6 Å². The Morgan fingerprint density at radius 3 is 3.11 bits per heavy atom. The average molecular weight is 246 g/mol. The number of nitrogens with one attached hydrogen (secondary N) is 2. The number of pyridine rings is 1. The third-order valence-electron chi connectivity index (χ3n) is 2.77. The molecule has 2 heterocycles. The van der Waals surface area contributed by atoms with E-state index in [9.17, 15) is 4.79 Å². The van der Waals surface area contributed by atoms with Crippen LogP contribution in [0.25, 0.3) is 5.65 Å². The Labute approximate surface area is 106 Å². The van der Waals surface area contributed by atoms with E-state index in [0.29, 0.717) is 12.1 Å². The number of hydrogen-bond donors (Lipinski definition) is 2. The summed E-state index contributed by atoms with van der Waals surface area (Å²) in [6.45, 7) is 5.61. The zero-order valence-corrected chi connectivity index (χ0v) is 10.7. The Bertz CT molecular complexity index is 535. The summed E-state index contributed by atoms with van der Waals surface area (Å²) in [5.74, 6) is -0.0599. The molecule has 5 nitrogen and oxygen atoms in total. The van der Waals surface area contributed by atoms with Crippen LogP contribution in [0.4, 0.5) is 0 Å². The largest absolute Gasteiger partial charge is 0.350 e. The van der Waals surface area contributed by atoms with Gasteiger partial charge in [0.15, 0.2) is 0 Å². The SMILES string of the molecule is CCN[C@H](C)CNC(=O)c1ccc2nccn2c1. The molecule has 0 radical (unpaired) electrons. The minimum atomic E-state index is -0.0599. The fraction of sp³-hybridized carbons (Fsp3) is 0.385. The van der Waals surface area contributed by atoms with Gasteiger partial charge in [0.2, 0.25) is 0 Å². The van der Waals surface area contributed by atoms with Gasteiger partial charge >= 0.3 is 0 Å². The number of carbonyl (C=O) groups excluding carboxylic acids is 1. The van der Waals surface area contributed by atoms with E-state index >= 15 is 0 Å². The van der Waals surface area contributed by atoms with Crippen LogP contribution in [0.2, 0.25) is 0 Å². The molecule has 0 fully saturated rings. The summed E-state index contributed by atoms with van der Waals surface area (Å²) in [4.78, 5) is 16.1. The molecule has 0 aliphatic heterocycles. The summed E-state index contributed by atoms with van der Waals surface area (Å²) < 4.78 is 1.84. The highest BCUT2D eigenvalue weighted by molar-refractivity contribution is 5.94. The number of amides is 1. The molecule has 0 spiro atoms. The second kappa shape index (κ2) is 5.64. The molecule has 2 aromatic heterocycles. The van der Waals surface area contributed by atoms with E-state index in [0.717, 1.165) is 12.2 Å². The van der Waals surface area contributed by atoms with Crippen molar-refractivity contribution in [2.24, 2.45) is 0 Å². The number of rotatable bonds is 5. The molecule has 18 heavy (non-hydrogen) atoms. The number of imidazole rings is 1. The maximum Gasteiger partial charge on any atom is 0.252 e. The normalized spacial score (nSPS) is 12.6. The molecule has 5 heteroatoms. The van der Waals surface area contributed by atoms with Gasteiger partial charge in [0, 0.05) is 31.2 Å². The van der Waals surface area contributed by atoms with E-state index in [1.165, 1.54) is 0 Å². The van der Waals surface area contributed by atoms with Gasteiger partial charge in [-0.05, 0) is 25.6 Å². The van der Waals surface area contributed by atoms with Crippen LogP contribution >= 0.6 is 0 Å². The first-order valence-electron chi connectivity index (χ1n) is 6.15. The lowest BCUT2D eigenvalue weighted by molar-refractivity contribution is 0.0950. The summed E-state index contributed by atoms with van der Waals surface area (Å²) in [6.07, 6.45) is 5.33. The molecule has 0 aromatic carbocycles. The minimum absolute atomic E-state index is 0.0599. The van der Waals surface area contributed by atoms with Crippen molar-refractivity contribution in [2.45, 2.75) is 19.9 Å². The molecule has 2 rings (SSSR count). The molecule has 0 aliphatic rings. The molecule has 0 aliphatic carbocycles. The number of hydrogen-bond acceptors (Lipinski definition) is 3. The fourth-order valence-electron chi connectivity index (χ4n) is 1.82. The molecule has 2 aromatic rings. The molecular weight excluding hydrogens is 228 g/mol. The molecule has 0 saturated carbocycles. The minimum Gasteiger partial charge on any atom is -0.350 e. The molecule has 0 bridgehead atoms. The van der Waals surface area contributed by atoms with Crippen molar-refractivity contribution in [3.8, 4) is 0 Å². The van der Waals surface area contributed by atoms with Gasteiger partial charge in [-0.1, -0.05) is 6.92 Å². The Morgan fingerprint density at radius 2 is 2.33 bits per heavy atom. The molecule has 0 unspecified atom stereocenters. The third-order valence-corrected chi connectivity index (χ3v) is 2.77. The van der Waals surface area contributed by atoms with Crippen molar-refractivity contribution in [3.05, 3.63) is 36.3 Å². The van der Waals surface area contributed by atoms with Crippen LogP contribution in [-0.4, -0.2) is 34.4 Å². The van der Waals surface area contributed by atoms with Crippen LogP contribution in [0.1, 0.15) is 24.2 Å². The molecular formula is C13H18N4O. The summed E-state index contributed by atoms with van der Waals surface area (Å²) in [6, 6.07) is 3.90. The number of aromatic nitrogens is 2. The quantitative estimate of drug-likeness (QED) is 0.829. The van der Waals surface area contributed by atoms with Crippen LogP contribution in [0.5, 0.6) is 0 Å². The molecule has 1 amide bonds. The van der Waals surface area contributed by atoms with E-state index in [-0.39, 0.29) is 11.9 Å². The standard InChI is InChI=1S/C13H18N4O/c1-3-14-10(2)8-16-13(18)11-4-5-12-15-6-7-17(12)9-11/h4-7,9-10,14H,3,8H2,1-2H3,(H,16,18)/t10-/m1/s1. The summed E-state index contributed by atoms with van der Waals surface area (Å²) >= 11 is 0. The smallest absolute Gasteiger partial charge is 0.252 e. The maximum atomic E-state index is 11.9. The molecule has 0 saturated heterocycles. The van der Waals surface area contributed by atoms with Crippen molar-refractivity contribution in [2.75, 3.05) is 13.1 Å². The van der Waals surface area contributed by atoms with Crippen LogP contribution in [-0.2, 0) is 0 Å². The second-order valence-corrected chi connectivity index (χ2v) is 4.28. The Hall–Kier alpha value is -1.88. The third kappa shape index (κ3) is 2.87. The Kier molecular flexibility index (Phi) is 3.94. The zero-order valence-electron chi connectivity index (χ0n) is 10.7.